The molecule has 0 fully saturated rings. The summed E-state index contributed by atoms with van der Waals surface area (Å²) in [6, 6.07) is 18.4. The van der Waals surface area contributed by atoms with Crippen LogP contribution in [0.15, 0.2) is 54.6 Å². The standard InChI is InChI=1S/C24H30N4O/c1-18-10-8-9-11-21(18)14-15-25-24(29)17-27(4)16-23-19(2)26-28(20(23)3)22-12-6-5-7-13-22/h5-13H,14-17H2,1-4H3,(H,25,29). The van der Waals surface area contributed by atoms with Crippen molar-refractivity contribution in [2.45, 2.75) is 33.7 Å². The van der Waals surface area contributed by atoms with Gasteiger partial charge in [-0.2, -0.15) is 5.10 Å². The highest BCUT2D eigenvalue weighted by Gasteiger charge is 2.15. The molecule has 1 aromatic heterocycles. The minimum absolute atomic E-state index is 0.0480. The van der Waals surface area contributed by atoms with Gasteiger partial charge >= 0.3 is 0 Å². The maximum Gasteiger partial charge on any atom is 0.234 e. The van der Waals surface area contributed by atoms with Gasteiger partial charge in [-0.1, -0.05) is 42.5 Å². The zero-order valence-corrected chi connectivity index (χ0v) is 17.8. The number of aryl methyl sites for hydroxylation is 2. The van der Waals surface area contributed by atoms with Crippen LogP contribution in [0.2, 0.25) is 0 Å². The maximum absolute atomic E-state index is 12.3. The smallest absolute Gasteiger partial charge is 0.234 e. The Balaban J connectivity index is 1.54. The van der Waals surface area contributed by atoms with Crippen LogP contribution in [0.5, 0.6) is 0 Å². The van der Waals surface area contributed by atoms with Gasteiger partial charge in [0.25, 0.3) is 0 Å². The van der Waals surface area contributed by atoms with E-state index in [0.29, 0.717) is 19.6 Å². The molecule has 0 atom stereocenters. The van der Waals surface area contributed by atoms with Crippen LogP contribution >= 0.6 is 0 Å². The predicted octanol–water partition coefficient (Wildman–Crippen LogP) is 3.59. The first-order valence-electron chi connectivity index (χ1n) is 10.1. The van der Waals surface area contributed by atoms with E-state index >= 15 is 0 Å². The van der Waals surface area contributed by atoms with Crippen molar-refractivity contribution in [2.24, 2.45) is 0 Å². The molecule has 5 nitrogen and oxygen atoms in total. The summed E-state index contributed by atoms with van der Waals surface area (Å²) in [6.07, 6.45) is 0.851. The Labute approximate surface area is 173 Å². The Hall–Kier alpha value is -2.92. The molecule has 0 aliphatic rings. The minimum Gasteiger partial charge on any atom is -0.355 e. The van der Waals surface area contributed by atoms with Crippen molar-refractivity contribution in [3.63, 3.8) is 0 Å². The molecule has 2 aromatic carbocycles. The number of carbonyl (C=O) groups excluding carboxylic acids is 1. The average Bonchev–Trinajstić information content (AvgIpc) is 2.98. The number of nitrogens with zero attached hydrogens (tertiary/aromatic N) is 3. The number of amides is 1. The fraction of sp³-hybridized carbons (Fsp3) is 0.333. The van der Waals surface area contributed by atoms with Crippen molar-refractivity contribution >= 4 is 5.91 Å². The normalized spacial score (nSPS) is 11.1. The van der Waals surface area contributed by atoms with Crippen molar-refractivity contribution in [1.82, 2.24) is 20.0 Å². The molecule has 1 heterocycles. The highest BCUT2D eigenvalue weighted by atomic mass is 16.2. The molecule has 152 valence electrons. The Bertz CT molecular complexity index is 962. The predicted molar refractivity (Wildman–Crippen MR) is 117 cm³/mol. The van der Waals surface area contributed by atoms with Crippen molar-refractivity contribution in [3.05, 3.63) is 82.7 Å². The number of para-hydroxylation sites is 1. The molecule has 3 rings (SSSR count). The maximum atomic E-state index is 12.3. The van der Waals surface area contributed by atoms with Crippen molar-refractivity contribution < 1.29 is 4.79 Å². The van der Waals surface area contributed by atoms with Gasteiger partial charge in [0.2, 0.25) is 5.91 Å². The molecule has 3 aromatic rings. The lowest BCUT2D eigenvalue weighted by molar-refractivity contribution is -0.122. The van der Waals surface area contributed by atoms with E-state index in [-0.39, 0.29) is 5.91 Å². The second kappa shape index (κ2) is 9.52. The summed E-state index contributed by atoms with van der Waals surface area (Å²) in [4.78, 5) is 14.4. The van der Waals surface area contributed by atoms with Crippen molar-refractivity contribution in [3.8, 4) is 5.69 Å². The summed E-state index contributed by atoms with van der Waals surface area (Å²) in [6.45, 7) is 7.92. The minimum atomic E-state index is 0.0480. The molecule has 29 heavy (non-hydrogen) atoms. The van der Waals surface area contributed by atoms with E-state index in [0.717, 1.165) is 23.5 Å². The van der Waals surface area contributed by atoms with Crippen LogP contribution in [0.25, 0.3) is 5.69 Å². The third kappa shape index (κ3) is 5.33. The monoisotopic (exact) mass is 390 g/mol. The average molecular weight is 391 g/mol. The molecule has 0 aliphatic carbocycles. The second-order valence-electron chi connectivity index (χ2n) is 7.60. The molecule has 0 radical (unpaired) electrons. The zero-order chi connectivity index (χ0) is 20.8. The lowest BCUT2D eigenvalue weighted by atomic mass is 10.1. The lowest BCUT2D eigenvalue weighted by Crippen LogP contribution is -2.36. The summed E-state index contributed by atoms with van der Waals surface area (Å²) in [5.41, 5.74) is 6.87. The third-order valence-corrected chi connectivity index (χ3v) is 5.26. The molecule has 0 spiro atoms. The van der Waals surface area contributed by atoms with Gasteiger partial charge in [-0.05, 0) is 57.5 Å². The molecule has 1 amide bonds. The Kier molecular flexibility index (Phi) is 6.83. The van der Waals surface area contributed by atoms with E-state index in [9.17, 15) is 4.79 Å². The molecule has 0 bridgehead atoms. The summed E-state index contributed by atoms with van der Waals surface area (Å²) in [5.74, 6) is 0.0480. The Morgan fingerprint density at radius 1 is 1.03 bits per heavy atom. The van der Waals surface area contributed by atoms with Gasteiger partial charge < -0.3 is 5.32 Å². The topological polar surface area (TPSA) is 50.2 Å². The van der Waals surface area contributed by atoms with Gasteiger partial charge in [-0.25, -0.2) is 4.68 Å². The van der Waals surface area contributed by atoms with Gasteiger partial charge in [0, 0.05) is 24.3 Å². The fourth-order valence-electron chi connectivity index (χ4n) is 3.58. The van der Waals surface area contributed by atoms with Gasteiger partial charge in [-0.15, -0.1) is 0 Å². The molecule has 1 N–H and O–H groups in total. The summed E-state index contributed by atoms with van der Waals surface area (Å²) < 4.78 is 1.97. The van der Waals surface area contributed by atoms with Crippen LogP contribution in [0, 0.1) is 20.8 Å². The second-order valence-corrected chi connectivity index (χ2v) is 7.60. The SMILES string of the molecule is Cc1ccccc1CCNC(=O)CN(C)Cc1c(C)nn(-c2ccccc2)c1C. The van der Waals surface area contributed by atoms with Crippen LogP contribution in [-0.2, 0) is 17.8 Å². The number of aromatic nitrogens is 2. The molecule has 0 saturated carbocycles. The van der Waals surface area contributed by atoms with E-state index in [1.54, 1.807) is 0 Å². The van der Waals surface area contributed by atoms with Crippen LogP contribution in [0.3, 0.4) is 0 Å². The zero-order valence-electron chi connectivity index (χ0n) is 17.8. The van der Waals surface area contributed by atoms with E-state index in [1.807, 2.05) is 53.9 Å². The van der Waals surface area contributed by atoms with Gasteiger partial charge in [0.15, 0.2) is 0 Å². The highest BCUT2D eigenvalue weighted by molar-refractivity contribution is 5.78. The van der Waals surface area contributed by atoms with Crippen LogP contribution in [-0.4, -0.2) is 40.7 Å². The number of benzene rings is 2. The van der Waals surface area contributed by atoms with Gasteiger partial charge in [0.1, 0.15) is 0 Å². The number of carbonyl (C=O) groups is 1. The van der Waals surface area contributed by atoms with E-state index in [1.165, 1.54) is 16.7 Å². The lowest BCUT2D eigenvalue weighted by Gasteiger charge is -2.17. The number of hydrogen-bond donors (Lipinski definition) is 1. The summed E-state index contributed by atoms with van der Waals surface area (Å²) >= 11 is 0. The number of nitrogens with one attached hydrogen (secondary N) is 1. The van der Waals surface area contributed by atoms with Crippen LogP contribution in [0.4, 0.5) is 0 Å². The molecule has 5 heteroatoms. The first-order chi connectivity index (χ1) is 14.0. The van der Waals surface area contributed by atoms with Gasteiger partial charge in [0.05, 0.1) is 17.9 Å². The van der Waals surface area contributed by atoms with E-state index in [4.69, 9.17) is 5.10 Å². The first kappa shape index (κ1) is 20.8. The Morgan fingerprint density at radius 3 is 2.45 bits per heavy atom. The van der Waals surface area contributed by atoms with Crippen molar-refractivity contribution in [1.29, 1.82) is 0 Å². The van der Waals surface area contributed by atoms with E-state index in [2.05, 4.69) is 43.4 Å². The van der Waals surface area contributed by atoms with E-state index < -0.39 is 0 Å². The molecule has 0 unspecified atom stereocenters. The third-order valence-electron chi connectivity index (χ3n) is 5.26. The highest BCUT2D eigenvalue weighted by Crippen LogP contribution is 2.19. The molecular weight excluding hydrogens is 360 g/mol. The fourth-order valence-corrected chi connectivity index (χ4v) is 3.58. The molecule has 0 aliphatic heterocycles. The first-order valence-corrected chi connectivity index (χ1v) is 10.1. The summed E-state index contributed by atoms with van der Waals surface area (Å²) in [5, 5.41) is 7.73. The number of hydrogen-bond acceptors (Lipinski definition) is 3. The Morgan fingerprint density at radius 2 is 1.72 bits per heavy atom. The van der Waals surface area contributed by atoms with Gasteiger partial charge in [-0.3, -0.25) is 9.69 Å². The number of rotatable bonds is 8. The summed E-state index contributed by atoms with van der Waals surface area (Å²) in [7, 11) is 1.97. The molecular formula is C24H30N4O. The largest absolute Gasteiger partial charge is 0.355 e. The van der Waals surface area contributed by atoms with Crippen LogP contribution in [0.1, 0.15) is 28.1 Å². The van der Waals surface area contributed by atoms with Crippen molar-refractivity contribution in [2.75, 3.05) is 20.1 Å². The quantitative estimate of drug-likeness (QED) is 0.639. The molecule has 0 saturated heterocycles. The number of likely N-dealkylation sites (N-methyl/N-ethyl adjacent to an activating group) is 1. The van der Waals surface area contributed by atoms with Crippen LogP contribution < -0.4 is 5.32 Å².